The van der Waals surface area contributed by atoms with Gasteiger partial charge in [-0.3, -0.25) is 4.98 Å². The maximum absolute atomic E-state index is 4.01. The smallest absolute Gasteiger partial charge is 0.0294 e. The molecule has 1 heterocycles. The summed E-state index contributed by atoms with van der Waals surface area (Å²) in [4.78, 5) is 4.01. The highest BCUT2D eigenvalue weighted by Gasteiger charge is 2.03. The third kappa shape index (κ3) is 3.40. The van der Waals surface area contributed by atoms with Crippen LogP contribution in [0.3, 0.4) is 0 Å². The number of nitrogens with one attached hydrogen (secondary N) is 1. The first-order valence-corrected chi connectivity index (χ1v) is 5.94. The van der Waals surface area contributed by atoms with Crippen molar-refractivity contribution < 1.29 is 0 Å². The number of aryl methyl sites for hydroxylation is 1. The van der Waals surface area contributed by atoms with Crippen molar-refractivity contribution in [1.29, 1.82) is 0 Å². The van der Waals surface area contributed by atoms with Gasteiger partial charge in [0.25, 0.3) is 0 Å². The number of rotatable bonds is 4. The summed E-state index contributed by atoms with van der Waals surface area (Å²) in [5.74, 6) is 0. The molecule has 17 heavy (non-hydrogen) atoms. The fourth-order valence-electron chi connectivity index (χ4n) is 1.74. The Bertz CT molecular complexity index is 448. The van der Waals surface area contributed by atoms with Gasteiger partial charge in [-0.1, -0.05) is 29.8 Å². The van der Waals surface area contributed by atoms with Gasteiger partial charge in [-0.25, -0.2) is 0 Å². The van der Waals surface area contributed by atoms with Crippen molar-refractivity contribution >= 4 is 0 Å². The van der Waals surface area contributed by atoms with E-state index >= 15 is 0 Å². The molecule has 0 radical (unpaired) electrons. The van der Waals surface area contributed by atoms with Crippen molar-refractivity contribution in [1.82, 2.24) is 10.3 Å². The van der Waals surface area contributed by atoms with Crippen LogP contribution in [0.4, 0.5) is 0 Å². The predicted molar refractivity (Wildman–Crippen MR) is 70.7 cm³/mol. The number of benzene rings is 1. The zero-order chi connectivity index (χ0) is 12.1. The quantitative estimate of drug-likeness (QED) is 0.865. The minimum atomic E-state index is 0.365. The summed E-state index contributed by atoms with van der Waals surface area (Å²) in [7, 11) is 0. The topological polar surface area (TPSA) is 24.9 Å². The third-order valence-corrected chi connectivity index (χ3v) is 2.94. The highest BCUT2D eigenvalue weighted by Crippen LogP contribution is 2.13. The maximum Gasteiger partial charge on any atom is 0.0294 e. The lowest BCUT2D eigenvalue weighted by Gasteiger charge is -2.14. The van der Waals surface area contributed by atoms with E-state index in [9.17, 15) is 0 Å². The molecule has 2 rings (SSSR count). The Balaban J connectivity index is 1.93. The first-order chi connectivity index (χ1) is 8.25. The molecule has 88 valence electrons. The molecule has 2 aromatic rings. The summed E-state index contributed by atoms with van der Waals surface area (Å²) >= 11 is 0. The second kappa shape index (κ2) is 5.60. The summed E-state index contributed by atoms with van der Waals surface area (Å²) in [6.45, 7) is 5.17. The number of hydrogen-bond acceptors (Lipinski definition) is 2. The summed E-state index contributed by atoms with van der Waals surface area (Å²) in [5.41, 5.74) is 3.89. The zero-order valence-corrected chi connectivity index (χ0v) is 10.4. The molecule has 0 bridgehead atoms. The molecule has 0 saturated carbocycles. The van der Waals surface area contributed by atoms with E-state index in [1.807, 2.05) is 24.5 Å². The van der Waals surface area contributed by atoms with Gasteiger partial charge in [0.2, 0.25) is 0 Å². The number of aromatic nitrogens is 1. The molecule has 0 aliphatic rings. The van der Waals surface area contributed by atoms with Gasteiger partial charge in [-0.15, -0.1) is 0 Å². The van der Waals surface area contributed by atoms with Crippen LogP contribution in [0.1, 0.15) is 29.7 Å². The van der Waals surface area contributed by atoms with Gasteiger partial charge in [-0.2, -0.15) is 0 Å². The van der Waals surface area contributed by atoms with Gasteiger partial charge in [-0.05, 0) is 37.1 Å². The number of nitrogens with zero attached hydrogens (tertiary/aromatic N) is 1. The normalized spacial score (nSPS) is 12.4. The molecule has 0 aliphatic heterocycles. The zero-order valence-electron chi connectivity index (χ0n) is 10.4. The monoisotopic (exact) mass is 226 g/mol. The molecular weight excluding hydrogens is 208 g/mol. The van der Waals surface area contributed by atoms with Gasteiger partial charge in [0.05, 0.1) is 0 Å². The first-order valence-electron chi connectivity index (χ1n) is 5.94. The molecule has 0 saturated heterocycles. The van der Waals surface area contributed by atoms with Crippen molar-refractivity contribution in [2.24, 2.45) is 0 Å². The van der Waals surface area contributed by atoms with Crippen molar-refractivity contribution in [3.05, 3.63) is 65.5 Å². The molecule has 2 heteroatoms. The molecule has 2 nitrogen and oxygen atoms in total. The van der Waals surface area contributed by atoms with Gasteiger partial charge < -0.3 is 5.32 Å². The molecule has 1 aromatic heterocycles. The lowest BCUT2D eigenvalue weighted by molar-refractivity contribution is 0.574. The Labute approximate surface area is 103 Å². The highest BCUT2D eigenvalue weighted by atomic mass is 14.9. The van der Waals surface area contributed by atoms with E-state index < -0.39 is 0 Å². The molecule has 0 unspecified atom stereocenters. The van der Waals surface area contributed by atoms with Gasteiger partial charge in [0, 0.05) is 25.0 Å². The molecule has 1 N–H and O–H groups in total. The van der Waals surface area contributed by atoms with Crippen molar-refractivity contribution in [3.63, 3.8) is 0 Å². The average molecular weight is 226 g/mol. The summed E-state index contributed by atoms with van der Waals surface area (Å²) < 4.78 is 0. The maximum atomic E-state index is 4.01. The van der Waals surface area contributed by atoms with Crippen molar-refractivity contribution in [2.75, 3.05) is 0 Å². The molecule has 1 atom stereocenters. The predicted octanol–water partition coefficient (Wildman–Crippen LogP) is 3.24. The van der Waals surface area contributed by atoms with Crippen LogP contribution in [0.5, 0.6) is 0 Å². The lowest BCUT2D eigenvalue weighted by Crippen LogP contribution is -2.17. The fourth-order valence-corrected chi connectivity index (χ4v) is 1.74. The van der Waals surface area contributed by atoms with Gasteiger partial charge in [0.15, 0.2) is 0 Å². The van der Waals surface area contributed by atoms with Crippen LogP contribution in [-0.4, -0.2) is 4.98 Å². The van der Waals surface area contributed by atoms with E-state index in [2.05, 4.69) is 48.4 Å². The van der Waals surface area contributed by atoms with E-state index in [0.717, 1.165) is 6.54 Å². The second-order valence-corrected chi connectivity index (χ2v) is 4.37. The third-order valence-electron chi connectivity index (χ3n) is 2.94. The molecule has 0 spiro atoms. The van der Waals surface area contributed by atoms with E-state index in [1.54, 1.807) is 0 Å². The Hall–Kier alpha value is -1.67. The van der Waals surface area contributed by atoms with Crippen LogP contribution in [0, 0.1) is 6.92 Å². The highest BCUT2D eigenvalue weighted by molar-refractivity contribution is 5.23. The first kappa shape index (κ1) is 11.8. The van der Waals surface area contributed by atoms with E-state index in [4.69, 9.17) is 0 Å². The van der Waals surface area contributed by atoms with Crippen molar-refractivity contribution in [3.8, 4) is 0 Å². The average Bonchev–Trinajstić information content (AvgIpc) is 2.38. The van der Waals surface area contributed by atoms with E-state index in [0.29, 0.717) is 6.04 Å². The summed E-state index contributed by atoms with van der Waals surface area (Å²) in [6, 6.07) is 13.1. The van der Waals surface area contributed by atoms with Crippen LogP contribution in [0.15, 0.2) is 48.8 Å². The molecule has 0 fully saturated rings. The standard InChI is InChI=1S/C15H18N2/c1-12-3-5-15(6-4-12)13(2)17-11-14-7-9-16-10-8-14/h3-10,13,17H,11H2,1-2H3/t13-/m1/s1. The fraction of sp³-hybridized carbons (Fsp3) is 0.267. The van der Waals surface area contributed by atoms with E-state index in [-0.39, 0.29) is 0 Å². The van der Waals surface area contributed by atoms with Crippen LogP contribution < -0.4 is 5.32 Å². The van der Waals surface area contributed by atoms with Crippen LogP contribution >= 0.6 is 0 Å². The minimum absolute atomic E-state index is 0.365. The summed E-state index contributed by atoms with van der Waals surface area (Å²) in [5, 5.41) is 3.51. The Morgan fingerprint density at radius 1 is 1.06 bits per heavy atom. The summed E-state index contributed by atoms with van der Waals surface area (Å²) in [6.07, 6.45) is 3.65. The lowest BCUT2D eigenvalue weighted by atomic mass is 10.1. The minimum Gasteiger partial charge on any atom is -0.306 e. The number of hydrogen-bond donors (Lipinski definition) is 1. The Morgan fingerprint density at radius 2 is 1.71 bits per heavy atom. The van der Waals surface area contributed by atoms with Crippen LogP contribution in [-0.2, 0) is 6.54 Å². The molecule has 0 aliphatic carbocycles. The molecular formula is C15H18N2. The van der Waals surface area contributed by atoms with Gasteiger partial charge >= 0.3 is 0 Å². The van der Waals surface area contributed by atoms with E-state index in [1.165, 1.54) is 16.7 Å². The SMILES string of the molecule is Cc1ccc([C@@H](C)NCc2ccncc2)cc1. The molecule has 0 amide bonds. The van der Waals surface area contributed by atoms with Crippen LogP contribution in [0.25, 0.3) is 0 Å². The van der Waals surface area contributed by atoms with Crippen molar-refractivity contribution in [2.45, 2.75) is 26.4 Å². The molecule has 1 aromatic carbocycles. The Kier molecular flexibility index (Phi) is 3.89. The van der Waals surface area contributed by atoms with Crippen LogP contribution in [0.2, 0.25) is 0 Å². The largest absolute Gasteiger partial charge is 0.306 e. The number of pyridine rings is 1. The van der Waals surface area contributed by atoms with Gasteiger partial charge in [0.1, 0.15) is 0 Å². The second-order valence-electron chi connectivity index (χ2n) is 4.37. The Morgan fingerprint density at radius 3 is 2.35 bits per heavy atom.